The van der Waals surface area contributed by atoms with Crippen molar-refractivity contribution >= 4 is 88.3 Å². The summed E-state index contributed by atoms with van der Waals surface area (Å²) in [5.74, 6) is 13.3. The standard InChI is InChI=1S/C51H99N3O9S6/c1-6-22-52(25-28-61-34-31-58-8-3)49(55)19-46-67-42-15-12-39-65-44-18-24-54(27-30-63-36-33-60-10-5)51(57)21-48-69-43-16-13-40-66-45-17-23-53(26-29-62-35-32-59-9-4)50(56)20-47-68-41-14-11-38-64-37-7-2/h6H,1,7-48H2,2-5H3. The molecule has 0 rings (SSSR count). The number of nitrogens with zero attached hydrogens (tertiary/aromatic N) is 3. The van der Waals surface area contributed by atoms with Crippen molar-refractivity contribution in [3.05, 3.63) is 12.7 Å². The number of hydrogen-bond donors (Lipinski definition) is 0. The summed E-state index contributed by atoms with van der Waals surface area (Å²) in [7, 11) is 0. The molecule has 12 nitrogen and oxygen atoms in total. The number of carbonyl (C=O) groups excluding carboxylic acids is 3. The Morgan fingerprint density at radius 1 is 0.362 bits per heavy atom. The van der Waals surface area contributed by atoms with Crippen LogP contribution in [0.5, 0.6) is 0 Å². The molecule has 0 spiro atoms. The first kappa shape index (κ1) is 69.0. The Kier molecular flexibility index (Phi) is 57.3. The van der Waals surface area contributed by atoms with Gasteiger partial charge in [0.05, 0.1) is 59.5 Å². The third-order valence-electron chi connectivity index (χ3n) is 10.3. The van der Waals surface area contributed by atoms with Gasteiger partial charge in [-0.2, -0.15) is 70.6 Å². The molecule has 0 aromatic rings. The molecular weight excluding hydrogens is 991 g/mol. The van der Waals surface area contributed by atoms with E-state index in [2.05, 4.69) is 25.3 Å². The number of amides is 3. The van der Waals surface area contributed by atoms with E-state index < -0.39 is 0 Å². The van der Waals surface area contributed by atoms with Crippen LogP contribution in [0.4, 0.5) is 0 Å². The molecule has 0 aliphatic carbocycles. The van der Waals surface area contributed by atoms with Crippen LogP contribution in [0, 0.1) is 0 Å². The monoisotopic (exact) mass is 1090 g/mol. The average molecular weight is 1090 g/mol. The normalized spacial score (nSPS) is 11.4. The minimum Gasteiger partial charge on any atom is -0.379 e. The first-order valence-corrected chi connectivity index (χ1v) is 33.2. The zero-order valence-electron chi connectivity index (χ0n) is 43.9. The summed E-state index contributed by atoms with van der Waals surface area (Å²) in [6, 6.07) is 0. The predicted molar refractivity (Wildman–Crippen MR) is 307 cm³/mol. The highest BCUT2D eigenvalue weighted by Gasteiger charge is 2.15. The molecule has 0 saturated heterocycles. The summed E-state index contributed by atoms with van der Waals surface area (Å²) in [4.78, 5) is 45.0. The molecule has 0 saturated carbocycles. The van der Waals surface area contributed by atoms with E-state index in [-0.39, 0.29) is 17.7 Å². The Hall–Kier alpha value is 0.01000. The average Bonchev–Trinajstić information content (AvgIpc) is 3.35. The van der Waals surface area contributed by atoms with Gasteiger partial charge in [0, 0.05) is 95.6 Å². The van der Waals surface area contributed by atoms with E-state index >= 15 is 0 Å². The maximum atomic E-state index is 13.3. The quantitative estimate of drug-likeness (QED) is 0.0425. The highest BCUT2D eigenvalue weighted by molar-refractivity contribution is 8.00. The largest absolute Gasteiger partial charge is 0.379 e. The van der Waals surface area contributed by atoms with Gasteiger partial charge in [-0.05, 0) is 130 Å². The van der Waals surface area contributed by atoms with Gasteiger partial charge < -0.3 is 43.1 Å². The smallest absolute Gasteiger partial charge is 0.223 e. The number of ether oxygens (including phenoxy) is 6. The van der Waals surface area contributed by atoms with Crippen LogP contribution in [0.3, 0.4) is 0 Å². The predicted octanol–water partition coefficient (Wildman–Crippen LogP) is 9.92. The fourth-order valence-electron chi connectivity index (χ4n) is 6.46. The minimum absolute atomic E-state index is 0.155. The zero-order chi connectivity index (χ0) is 50.4. The molecule has 408 valence electrons. The summed E-state index contributed by atoms with van der Waals surface area (Å²) in [6.45, 7) is 23.0. The molecule has 0 heterocycles. The van der Waals surface area contributed by atoms with Crippen LogP contribution in [-0.2, 0) is 42.8 Å². The molecule has 0 aliphatic heterocycles. The van der Waals surface area contributed by atoms with Crippen molar-refractivity contribution in [3.8, 4) is 0 Å². The second kappa shape index (κ2) is 57.3. The Labute approximate surface area is 447 Å². The van der Waals surface area contributed by atoms with E-state index in [0.717, 1.165) is 103 Å². The first-order valence-electron chi connectivity index (χ1n) is 26.3. The molecule has 0 aromatic carbocycles. The topological polar surface area (TPSA) is 116 Å². The fourth-order valence-corrected chi connectivity index (χ4v) is 12.0. The van der Waals surface area contributed by atoms with Crippen molar-refractivity contribution in [2.24, 2.45) is 0 Å². The minimum atomic E-state index is 0.155. The molecule has 0 radical (unpaired) electrons. The number of unbranched alkanes of at least 4 members (excludes halogenated alkanes) is 3. The maximum absolute atomic E-state index is 13.3. The van der Waals surface area contributed by atoms with Crippen molar-refractivity contribution in [1.29, 1.82) is 0 Å². The van der Waals surface area contributed by atoms with Crippen molar-refractivity contribution in [2.75, 3.05) is 188 Å². The summed E-state index contributed by atoms with van der Waals surface area (Å²) in [5.41, 5.74) is 0. The Morgan fingerprint density at radius 2 is 0.652 bits per heavy atom. The van der Waals surface area contributed by atoms with Gasteiger partial charge in [-0.1, -0.05) is 13.0 Å². The highest BCUT2D eigenvalue weighted by Crippen LogP contribution is 2.16. The van der Waals surface area contributed by atoms with Crippen LogP contribution in [0.1, 0.15) is 105 Å². The lowest BCUT2D eigenvalue weighted by Crippen LogP contribution is -2.35. The van der Waals surface area contributed by atoms with Crippen LogP contribution < -0.4 is 0 Å². The Morgan fingerprint density at radius 3 is 0.986 bits per heavy atom. The highest BCUT2D eigenvalue weighted by atomic mass is 32.2. The molecule has 18 heteroatoms. The van der Waals surface area contributed by atoms with Gasteiger partial charge >= 0.3 is 0 Å². The van der Waals surface area contributed by atoms with Crippen molar-refractivity contribution in [3.63, 3.8) is 0 Å². The Balaban J connectivity index is 4.34. The molecule has 0 atom stereocenters. The summed E-state index contributed by atoms with van der Waals surface area (Å²) >= 11 is 11.7. The molecule has 0 N–H and O–H groups in total. The zero-order valence-corrected chi connectivity index (χ0v) is 48.8. The van der Waals surface area contributed by atoms with Crippen molar-refractivity contribution in [1.82, 2.24) is 14.7 Å². The molecule has 0 unspecified atom stereocenters. The van der Waals surface area contributed by atoms with E-state index in [0.29, 0.717) is 125 Å². The van der Waals surface area contributed by atoms with Gasteiger partial charge in [0.2, 0.25) is 17.7 Å². The number of thioether (sulfide) groups is 6. The molecule has 69 heavy (non-hydrogen) atoms. The number of carbonyl (C=O) groups is 3. The van der Waals surface area contributed by atoms with Gasteiger partial charge in [-0.3, -0.25) is 14.4 Å². The second-order valence-corrected chi connectivity index (χ2v) is 23.4. The molecule has 0 fully saturated rings. The van der Waals surface area contributed by atoms with E-state index in [9.17, 15) is 14.4 Å². The van der Waals surface area contributed by atoms with Gasteiger partial charge in [-0.25, -0.2) is 0 Å². The molecule has 0 aromatic heterocycles. The lowest BCUT2D eigenvalue weighted by molar-refractivity contribution is -0.132. The molecule has 3 amide bonds. The van der Waals surface area contributed by atoms with E-state index in [1.165, 1.54) is 37.2 Å². The fraction of sp³-hybridized carbons (Fsp3) is 0.902. The van der Waals surface area contributed by atoms with Crippen LogP contribution >= 0.6 is 70.6 Å². The molecular formula is C51H99N3O9S6. The van der Waals surface area contributed by atoms with Crippen LogP contribution in [0.15, 0.2) is 12.7 Å². The van der Waals surface area contributed by atoms with E-state index in [4.69, 9.17) is 28.4 Å². The van der Waals surface area contributed by atoms with Gasteiger partial charge in [-0.15, -0.1) is 6.58 Å². The lowest BCUT2D eigenvalue weighted by Gasteiger charge is -2.23. The Bertz CT molecular complexity index is 1140. The van der Waals surface area contributed by atoms with Crippen molar-refractivity contribution in [2.45, 2.75) is 105 Å². The summed E-state index contributed by atoms with van der Waals surface area (Å²) < 4.78 is 33.2. The molecule has 0 bridgehead atoms. The van der Waals surface area contributed by atoms with E-state index in [1.54, 1.807) is 6.08 Å². The number of rotatable bonds is 57. The van der Waals surface area contributed by atoms with Crippen LogP contribution in [-0.4, -0.2) is 220 Å². The summed E-state index contributed by atoms with van der Waals surface area (Å²) in [6.07, 6.45) is 13.8. The second-order valence-electron chi connectivity index (χ2n) is 16.1. The van der Waals surface area contributed by atoms with Crippen LogP contribution in [0.2, 0.25) is 0 Å². The van der Waals surface area contributed by atoms with Gasteiger partial charge in [0.25, 0.3) is 0 Å². The maximum Gasteiger partial charge on any atom is 0.223 e. The third kappa shape index (κ3) is 48.7. The SMILES string of the molecule is C=CCN(CCOCCOCC)C(=O)CCSCCCCSCCCN(CCOCCOCC)C(=O)CCSCCCCSCCCN(CCOCCOCC)C(=O)CCSCCCCSCCC. The van der Waals surface area contributed by atoms with Gasteiger partial charge in [0.15, 0.2) is 0 Å². The number of hydrogen-bond acceptors (Lipinski definition) is 15. The molecule has 0 aliphatic rings. The van der Waals surface area contributed by atoms with E-state index in [1.807, 2.05) is 94.3 Å². The summed E-state index contributed by atoms with van der Waals surface area (Å²) in [5, 5.41) is 0. The van der Waals surface area contributed by atoms with Gasteiger partial charge in [0.1, 0.15) is 0 Å². The van der Waals surface area contributed by atoms with Crippen LogP contribution in [0.25, 0.3) is 0 Å². The lowest BCUT2D eigenvalue weighted by atomic mass is 10.3. The first-order chi connectivity index (χ1) is 33.9. The third-order valence-corrected chi connectivity index (χ3v) is 17.1. The van der Waals surface area contributed by atoms with Crippen molar-refractivity contribution < 1.29 is 42.8 Å².